The lowest BCUT2D eigenvalue weighted by Crippen LogP contribution is -2.27. The van der Waals surface area contributed by atoms with Crippen LogP contribution in [-0.2, 0) is 4.74 Å². The summed E-state index contributed by atoms with van der Waals surface area (Å²) in [6.45, 7) is 3.82. The summed E-state index contributed by atoms with van der Waals surface area (Å²) in [4.78, 5) is 0. The van der Waals surface area contributed by atoms with Crippen molar-refractivity contribution in [3.05, 3.63) is 29.8 Å². The van der Waals surface area contributed by atoms with Gasteiger partial charge < -0.3 is 14.7 Å². The van der Waals surface area contributed by atoms with E-state index in [2.05, 4.69) is 5.16 Å². The fourth-order valence-corrected chi connectivity index (χ4v) is 2.05. The van der Waals surface area contributed by atoms with Crippen molar-refractivity contribution in [2.75, 3.05) is 7.11 Å². The Morgan fingerprint density at radius 2 is 2.00 bits per heavy atom. The molecule has 1 N–H and O–H groups in total. The van der Waals surface area contributed by atoms with Gasteiger partial charge in [-0.15, -0.1) is 0 Å². The lowest BCUT2D eigenvalue weighted by Gasteiger charge is -2.19. The van der Waals surface area contributed by atoms with Crippen LogP contribution in [0.15, 0.2) is 29.4 Å². The van der Waals surface area contributed by atoms with E-state index in [-0.39, 0.29) is 6.10 Å². The normalized spacial score (nSPS) is 25.1. The zero-order valence-corrected chi connectivity index (χ0v) is 10.3. The largest absolute Gasteiger partial charge is 0.497 e. The third kappa shape index (κ3) is 2.26. The number of hydrogen-bond donors (Lipinski definition) is 1. The molecule has 2 rings (SSSR count). The fourth-order valence-electron chi connectivity index (χ4n) is 2.05. The summed E-state index contributed by atoms with van der Waals surface area (Å²) >= 11 is 0. The molecule has 0 amide bonds. The summed E-state index contributed by atoms with van der Waals surface area (Å²) in [5.41, 5.74) is 1.25. The molecular weight excluding hydrogens is 218 g/mol. The molecule has 1 fully saturated rings. The predicted molar refractivity (Wildman–Crippen MR) is 64.7 cm³/mol. The maximum Gasteiger partial charge on any atom is 0.118 e. The molecule has 1 atom stereocenters. The maximum atomic E-state index is 8.94. The predicted octanol–water partition coefficient (Wildman–Crippen LogP) is 2.77. The fraction of sp³-hybridized carbons (Fsp3) is 0.462. The number of benzene rings is 1. The van der Waals surface area contributed by atoms with Gasteiger partial charge in [0.25, 0.3) is 0 Å². The lowest BCUT2D eigenvalue weighted by atomic mass is 10.00. The second-order valence-electron chi connectivity index (χ2n) is 4.64. The number of oxime groups is 1. The summed E-state index contributed by atoms with van der Waals surface area (Å²) in [5.74, 6) is 0.821. The van der Waals surface area contributed by atoms with Crippen molar-refractivity contribution in [1.29, 1.82) is 0 Å². The Morgan fingerprint density at radius 3 is 2.47 bits per heavy atom. The minimum Gasteiger partial charge on any atom is -0.497 e. The highest BCUT2D eigenvalue weighted by atomic mass is 16.5. The van der Waals surface area contributed by atoms with Crippen molar-refractivity contribution in [3.63, 3.8) is 0 Å². The summed E-state index contributed by atoms with van der Waals surface area (Å²) in [7, 11) is 1.64. The molecule has 1 aliphatic rings. The topological polar surface area (TPSA) is 51.0 Å². The lowest BCUT2D eigenvalue weighted by molar-refractivity contribution is 0.00317. The van der Waals surface area contributed by atoms with Crippen molar-refractivity contribution >= 4 is 5.71 Å². The molecule has 0 radical (unpaired) electrons. The third-order valence-corrected chi connectivity index (χ3v) is 3.12. The van der Waals surface area contributed by atoms with Gasteiger partial charge in [0.05, 0.1) is 18.9 Å². The van der Waals surface area contributed by atoms with E-state index in [0.717, 1.165) is 11.3 Å². The summed E-state index contributed by atoms with van der Waals surface area (Å²) in [6, 6.07) is 7.75. The van der Waals surface area contributed by atoms with Gasteiger partial charge in [-0.2, -0.15) is 0 Å². The van der Waals surface area contributed by atoms with Crippen LogP contribution in [0.2, 0.25) is 0 Å². The number of methoxy groups -OCH3 is 1. The maximum absolute atomic E-state index is 8.94. The Labute approximate surface area is 101 Å². The SMILES string of the molecule is COc1ccc([C@H]2C/C(=N/O)C(C)(C)O2)cc1. The first-order valence-corrected chi connectivity index (χ1v) is 5.60. The van der Waals surface area contributed by atoms with Crippen LogP contribution in [-0.4, -0.2) is 23.6 Å². The molecule has 0 saturated carbocycles. The molecule has 0 bridgehead atoms. The molecule has 0 unspecified atom stereocenters. The van der Waals surface area contributed by atoms with Gasteiger partial charge in [0.15, 0.2) is 0 Å². The van der Waals surface area contributed by atoms with Crippen LogP contribution in [0, 0.1) is 0 Å². The van der Waals surface area contributed by atoms with E-state index < -0.39 is 5.60 Å². The number of nitrogens with zero attached hydrogens (tertiary/aromatic N) is 1. The molecule has 92 valence electrons. The highest BCUT2D eigenvalue weighted by Crippen LogP contribution is 2.37. The van der Waals surface area contributed by atoms with Crippen LogP contribution in [0.3, 0.4) is 0 Å². The van der Waals surface area contributed by atoms with Crippen LogP contribution in [0.5, 0.6) is 5.75 Å². The molecule has 17 heavy (non-hydrogen) atoms. The van der Waals surface area contributed by atoms with Crippen molar-refractivity contribution in [3.8, 4) is 5.75 Å². The van der Waals surface area contributed by atoms with Gasteiger partial charge in [0.1, 0.15) is 11.4 Å². The van der Waals surface area contributed by atoms with Crippen LogP contribution >= 0.6 is 0 Å². The summed E-state index contributed by atoms with van der Waals surface area (Å²) in [6.07, 6.45) is 0.567. The number of rotatable bonds is 2. The number of hydrogen-bond acceptors (Lipinski definition) is 4. The van der Waals surface area contributed by atoms with Crippen LogP contribution < -0.4 is 4.74 Å². The quantitative estimate of drug-likeness (QED) is 0.633. The van der Waals surface area contributed by atoms with Gasteiger partial charge in [0.2, 0.25) is 0 Å². The third-order valence-electron chi connectivity index (χ3n) is 3.12. The first-order valence-electron chi connectivity index (χ1n) is 5.60. The van der Waals surface area contributed by atoms with Gasteiger partial charge >= 0.3 is 0 Å². The molecule has 1 aromatic carbocycles. The summed E-state index contributed by atoms with van der Waals surface area (Å²) < 4.78 is 11.0. The van der Waals surface area contributed by atoms with Crippen LogP contribution in [0.25, 0.3) is 0 Å². The molecular formula is C13H17NO3. The van der Waals surface area contributed by atoms with E-state index in [9.17, 15) is 0 Å². The zero-order chi connectivity index (χ0) is 12.5. The Hall–Kier alpha value is -1.55. The van der Waals surface area contributed by atoms with E-state index in [1.165, 1.54) is 0 Å². The number of ether oxygens (including phenoxy) is 2. The van der Waals surface area contributed by atoms with Gasteiger partial charge in [-0.1, -0.05) is 17.3 Å². The minimum atomic E-state index is -0.501. The average molecular weight is 235 g/mol. The van der Waals surface area contributed by atoms with Gasteiger partial charge in [-0.25, -0.2) is 0 Å². The van der Waals surface area contributed by atoms with Crippen LogP contribution in [0.1, 0.15) is 31.9 Å². The Bertz CT molecular complexity index is 423. The molecule has 1 heterocycles. The van der Waals surface area contributed by atoms with Crippen molar-refractivity contribution in [2.24, 2.45) is 5.16 Å². The smallest absolute Gasteiger partial charge is 0.118 e. The summed E-state index contributed by atoms with van der Waals surface area (Å²) in [5, 5.41) is 12.3. The minimum absolute atomic E-state index is 0.0539. The van der Waals surface area contributed by atoms with E-state index in [0.29, 0.717) is 12.1 Å². The van der Waals surface area contributed by atoms with E-state index in [1.54, 1.807) is 7.11 Å². The Kier molecular flexibility index (Phi) is 3.07. The van der Waals surface area contributed by atoms with E-state index in [4.69, 9.17) is 14.7 Å². The average Bonchev–Trinajstić information content (AvgIpc) is 2.64. The standard InChI is InChI=1S/C13H17NO3/c1-13(2)12(14-15)8-11(17-13)9-4-6-10(16-3)7-5-9/h4-7,11,15H,8H2,1-3H3/b14-12-/t11-/m1/s1. The Morgan fingerprint density at radius 1 is 1.35 bits per heavy atom. The van der Waals surface area contributed by atoms with Gasteiger partial charge in [-0.05, 0) is 31.5 Å². The second-order valence-corrected chi connectivity index (χ2v) is 4.64. The Balaban J connectivity index is 2.19. The molecule has 1 aliphatic heterocycles. The molecule has 4 heteroatoms. The first-order chi connectivity index (χ1) is 8.06. The van der Waals surface area contributed by atoms with Crippen molar-refractivity contribution in [1.82, 2.24) is 0 Å². The van der Waals surface area contributed by atoms with E-state index >= 15 is 0 Å². The van der Waals surface area contributed by atoms with Crippen molar-refractivity contribution in [2.45, 2.75) is 32.0 Å². The molecule has 1 saturated heterocycles. The van der Waals surface area contributed by atoms with Crippen molar-refractivity contribution < 1.29 is 14.7 Å². The zero-order valence-electron chi connectivity index (χ0n) is 10.3. The van der Waals surface area contributed by atoms with Gasteiger partial charge in [-0.3, -0.25) is 0 Å². The highest BCUT2D eigenvalue weighted by molar-refractivity contribution is 5.93. The molecule has 0 aromatic heterocycles. The molecule has 0 spiro atoms. The highest BCUT2D eigenvalue weighted by Gasteiger charge is 2.39. The van der Waals surface area contributed by atoms with E-state index in [1.807, 2.05) is 38.1 Å². The second kappa shape index (κ2) is 4.37. The first kappa shape index (κ1) is 11.9. The molecule has 4 nitrogen and oxygen atoms in total. The molecule has 1 aromatic rings. The van der Waals surface area contributed by atoms with Crippen LogP contribution in [0.4, 0.5) is 0 Å². The molecule has 0 aliphatic carbocycles. The van der Waals surface area contributed by atoms with Gasteiger partial charge in [0, 0.05) is 6.42 Å². The monoisotopic (exact) mass is 235 g/mol.